The summed E-state index contributed by atoms with van der Waals surface area (Å²) in [6, 6.07) is 4.09. The third-order valence-electron chi connectivity index (χ3n) is 4.37. The summed E-state index contributed by atoms with van der Waals surface area (Å²) in [7, 11) is 1.94. The zero-order valence-electron chi connectivity index (χ0n) is 14.6. The summed E-state index contributed by atoms with van der Waals surface area (Å²) >= 11 is 1.67. The maximum Gasteiger partial charge on any atom is 0.226 e. The molecule has 0 amide bonds. The molecule has 1 aliphatic heterocycles. The fraction of sp³-hybridized carbons (Fsp3) is 0.389. The van der Waals surface area contributed by atoms with E-state index in [-0.39, 0.29) is 12.2 Å². The number of ether oxygens (including phenoxy) is 1. The maximum absolute atomic E-state index is 5.83. The van der Waals surface area contributed by atoms with Crippen LogP contribution in [0.1, 0.15) is 13.8 Å². The van der Waals surface area contributed by atoms with Crippen LogP contribution in [0.25, 0.3) is 22.5 Å². The second kappa shape index (κ2) is 6.57. The Kier molecular flexibility index (Phi) is 4.27. The van der Waals surface area contributed by atoms with Gasteiger partial charge in [-0.25, -0.2) is 9.97 Å². The molecule has 0 aliphatic carbocycles. The fourth-order valence-corrected chi connectivity index (χ4v) is 3.95. The Balaban J connectivity index is 1.80. The highest BCUT2D eigenvalue weighted by Gasteiger charge is 2.25. The van der Waals surface area contributed by atoms with Crippen molar-refractivity contribution in [2.75, 3.05) is 18.0 Å². The van der Waals surface area contributed by atoms with E-state index in [2.05, 4.69) is 45.7 Å². The molecule has 0 aromatic carbocycles. The lowest BCUT2D eigenvalue weighted by Gasteiger charge is -2.35. The molecule has 0 N–H and O–H groups in total. The van der Waals surface area contributed by atoms with E-state index in [1.807, 2.05) is 24.0 Å². The number of thiophene rings is 1. The highest BCUT2D eigenvalue weighted by molar-refractivity contribution is 7.08. The molecule has 0 spiro atoms. The average molecular weight is 355 g/mol. The topological polar surface area (TPSA) is 56.1 Å². The lowest BCUT2D eigenvalue weighted by atomic mass is 10.1. The second-order valence-corrected chi connectivity index (χ2v) is 7.23. The van der Waals surface area contributed by atoms with Crippen molar-refractivity contribution in [3.05, 3.63) is 35.3 Å². The largest absolute Gasteiger partial charge is 0.372 e. The van der Waals surface area contributed by atoms with Gasteiger partial charge in [-0.15, -0.1) is 0 Å². The summed E-state index contributed by atoms with van der Waals surface area (Å²) in [6.45, 7) is 5.77. The van der Waals surface area contributed by atoms with Crippen molar-refractivity contribution in [2.24, 2.45) is 7.05 Å². The van der Waals surface area contributed by atoms with Crippen LogP contribution in [-0.2, 0) is 11.8 Å². The Hall–Kier alpha value is -2.25. The van der Waals surface area contributed by atoms with E-state index in [0.29, 0.717) is 0 Å². The zero-order valence-corrected chi connectivity index (χ0v) is 15.4. The number of hydrogen-bond acceptors (Lipinski definition) is 6. The van der Waals surface area contributed by atoms with Gasteiger partial charge in [0.2, 0.25) is 5.95 Å². The SMILES string of the molecule is C[C@H]1CN(c2ncc(-c3ccsc3)c(-c3ccnn3C)n2)C[C@H](C)O1. The van der Waals surface area contributed by atoms with Crippen LogP contribution in [-0.4, -0.2) is 45.0 Å². The van der Waals surface area contributed by atoms with E-state index in [9.17, 15) is 0 Å². The molecule has 1 saturated heterocycles. The Labute approximate surface area is 151 Å². The standard InChI is InChI=1S/C18H21N5OS/c1-12-9-23(10-13(2)24-12)18-19-8-15(14-5-7-25-11-14)17(21-18)16-4-6-20-22(16)3/h4-8,11-13H,9-10H2,1-3H3/t12-,13-/m0/s1. The van der Waals surface area contributed by atoms with Crippen LogP contribution < -0.4 is 4.90 Å². The molecule has 25 heavy (non-hydrogen) atoms. The first-order valence-corrected chi connectivity index (χ1v) is 9.34. The minimum absolute atomic E-state index is 0.170. The molecule has 4 rings (SSSR count). The predicted molar refractivity (Wildman–Crippen MR) is 99.8 cm³/mol. The van der Waals surface area contributed by atoms with Crippen LogP contribution in [0.5, 0.6) is 0 Å². The molecule has 0 bridgehead atoms. The number of aromatic nitrogens is 4. The minimum atomic E-state index is 0.170. The fourth-order valence-electron chi connectivity index (χ4n) is 3.30. The summed E-state index contributed by atoms with van der Waals surface area (Å²) < 4.78 is 7.69. The molecule has 1 aliphatic rings. The molecule has 130 valence electrons. The number of anilines is 1. The summed E-state index contributed by atoms with van der Waals surface area (Å²) in [4.78, 5) is 11.8. The van der Waals surface area contributed by atoms with Crippen LogP contribution >= 0.6 is 11.3 Å². The Morgan fingerprint density at radius 3 is 2.64 bits per heavy atom. The van der Waals surface area contributed by atoms with Gasteiger partial charge in [0.25, 0.3) is 0 Å². The predicted octanol–water partition coefficient (Wildman–Crippen LogP) is 3.22. The molecule has 1 fully saturated rings. The minimum Gasteiger partial charge on any atom is -0.372 e. The number of morpholine rings is 1. The first-order valence-electron chi connectivity index (χ1n) is 8.40. The van der Waals surface area contributed by atoms with Crippen molar-refractivity contribution in [3.63, 3.8) is 0 Å². The molecule has 3 aromatic heterocycles. The first kappa shape index (κ1) is 16.2. The van der Waals surface area contributed by atoms with Gasteiger partial charge in [0.1, 0.15) is 5.69 Å². The van der Waals surface area contributed by atoms with Crippen molar-refractivity contribution in [1.82, 2.24) is 19.7 Å². The monoisotopic (exact) mass is 355 g/mol. The molecule has 0 radical (unpaired) electrons. The van der Waals surface area contributed by atoms with Crippen molar-refractivity contribution in [1.29, 1.82) is 0 Å². The van der Waals surface area contributed by atoms with E-state index in [0.717, 1.165) is 41.6 Å². The molecular formula is C18H21N5OS. The van der Waals surface area contributed by atoms with Gasteiger partial charge in [-0.2, -0.15) is 16.4 Å². The van der Waals surface area contributed by atoms with Gasteiger partial charge in [0.15, 0.2) is 0 Å². The van der Waals surface area contributed by atoms with E-state index >= 15 is 0 Å². The van der Waals surface area contributed by atoms with Crippen LogP contribution in [0.3, 0.4) is 0 Å². The molecule has 2 atom stereocenters. The Morgan fingerprint density at radius 1 is 1.20 bits per heavy atom. The van der Waals surface area contributed by atoms with Crippen LogP contribution in [0.15, 0.2) is 35.3 Å². The molecular weight excluding hydrogens is 334 g/mol. The summed E-state index contributed by atoms with van der Waals surface area (Å²) in [6.07, 6.45) is 4.07. The van der Waals surface area contributed by atoms with Gasteiger partial charge in [-0.3, -0.25) is 4.68 Å². The van der Waals surface area contributed by atoms with Crippen molar-refractivity contribution in [2.45, 2.75) is 26.1 Å². The van der Waals surface area contributed by atoms with Crippen molar-refractivity contribution in [3.8, 4) is 22.5 Å². The van der Waals surface area contributed by atoms with Gasteiger partial charge in [-0.05, 0) is 42.3 Å². The smallest absolute Gasteiger partial charge is 0.226 e. The molecule has 0 saturated carbocycles. The van der Waals surface area contributed by atoms with E-state index in [1.165, 1.54) is 0 Å². The number of rotatable bonds is 3. The van der Waals surface area contributed by atoms with E-state index in [1.54, 1.807) is 17.5 Å². The van der Waals surface area contributed by atoms with Gasteiger partial charge in [0.05, 0.1) is 17.9 Å². The molecule has 7 heteroatoms. The van der Waals surface area contributed by atoms with Gasteiger partial charge < -0.3 is 9.64 Å². The van der Waals surface area contributed by atoms with Crippen LogP contribution in [0, 0.1) is 0 Å². The Morgan fingerprint density at radius 2 is 2.00 bits per heavy atom. The van der Waals surface area contributed by atoms with E-state index in [4.69, 9.17) is 9.72 Å². The van der Waals surface area contributed by atoms with Gasteiger partial charge >= 0.3 is 0 Å². The molecule has 3 aromatic rings. The molecule has 6 nitrogen and oxygen atoms in total. The van der Waals surface area contributed by atoms with E-state index < -0.39 is 0 Å². The highest BCUT2D eigenvalue weighted by Crippen LogP contribution is 2.32. The normalized spacial score (nSPS) is 20.8. The number of hydrogen-bond donors (Lipinski definition) is 0. The third kappa shape index (κ3) is 3.17. The highest BCUT2D eigenvalue weighted by atomic mass is 32.1. The molecule has 4 heterocycles. The van der Waals surface area contributed by atoms with Crippen molar-refractivity contribution >= 4 is 17.3 Å². The summed E-state index contributed by atoms with van der Waals surface area (Å²) in [5.74, 6) is 0.747. The first-order chi connectivity index (χ1) is 12.1. The number of aryl methyl sites for hydroxylation is 1. The average Bonchev–Trinajstić information content (AvgIpc) is 3.25. The Bertz CT molecular complexity index is 850. The van der Waals surface area contributed by atoms with Gasteiger partial charge in [-0.1, -0.05) is 0 Å². The van der Waals surface area contributed by atoms with Gasteiger partial charge in [0, 0.05) is 38.1 Å². The third-order valence-corrected chi connectivity index (χ3v) is 5.06. The van der Waals surface area contributed by atoms with Crippen LogP contribution in [0.2, 0.25) is 0 Å². The lowest BCUT2D eigenvalue weighted by molar-refractivity contribution is -0.00571. The van der Waals surface area contributed by atoms with Crippen LogP contribution in [0.4, 0.5) is 5.95 Å². The molecule has 0 unspecified atom stereocenters. The number of nitrogens with zero attached hydrogens (tertiary/aromatic N) is 5. The zero-order chi connectivity index (χ0) is 17.4. The lowest BCUT2D eigenvalue weighted by Crippen LogP contribution is -2.46. The second-order valence-electron chi connectivity index (χ2n) is 6.45. The van der Waals surface area contributed by atoms with Crippen molar-refractivity contribution < 1.29 is 4.74 Å². The summed E-state index contributed by atoms with van der Waals surface area (Å²) in [5, 5.41) is 8.50. The summed E-state index contributed by atoms with van der Waals surface area (Å²) in [5.41, 5.74) is 4.06. The maximum atomic E-state index is 5.83. The quantitative estimate of drug-likeness (QED) is 0.722.